The SMILES string of the molecule is CCCCCCCCCCCCCC(=O)O[C@H](CCCCCCCCCCC)CC(=O)NC1(CCN(CC(=O)OC(C)(C)C)C(=O)C[C@@H](CCCCCCCCCCC)OC(=O)CCCCCCCCCCCCC)[C@H](O)O[C@H](CO)[C@@H](OP(=O)(O)O)[C@@H]1OC(=O)C[C@@H](CCCCCCCCCCC)OC(=O)CCCCCCCCCCCCC. The molecule has 8 atom stereocenters. The van der Waals surface area contributed by atoms with Crippen molar-refractivity contribution in [1.29, 1.82) is 0 Å². The van der Waals surface area contributed by atoms with Crippen molar-refractivity contribution < 1.29 is 91.1 Å². The van der Waals surface area contributed by atoms with E-state index in [1.165, 1.54) is 154 Å². The zero-order valence-corrected chi connectivity index (χ0v) is 79.4. The topological polar surface area (TPSA) is 297 Å². The molecule has 2 amide bonds. The van der Waals surface area contributed by atoms with Crippen molar-refractivity contribution in [2.75, 3.05) is 19.7 Å². The van der Waals surface area contributed by atoms with E-state index in [-0.39, 0.29) is 38.5 Å². The van der Waals surface area contributed by atoms with Gasteiger partial charge in [-0.15, -0.1) is 0 Å². The Labute approximate surface area is 732 Å². The van der Waals surface area contributed by atoms with E-state index < -0.39 is 142 Å². The van der Waals surface area contributed by atoms with Crippen molar-refractivity contribution in [2.45, 2.75) is 566 Å². The molecule has 1 fully saturated rings. The number of unbranched alkanes of at least 4 members (excludes halogenated alkanes) is 54. The van der Waals surface area contributed by atoms with Gasteiger partial charge in [-0.1, -0.05) is 388 Å². The molecular formula is C98H185N2O19P. The van der Waals surface area contributed by atoms with Gasteiger partial charge in [0, 0.05) is 25.8 Å². The molecule has 0 saturated carbocycles. The Morgan fingerprint density at radius 1 is 0.400 bits per heavy atom. The van der Waals surface area contributed by atoms with Gasteiger partial charge >= 0.3 is 37.7 Å². The number of esters is 5. The van der Waals surface area contributed by atoms with Gasteiger partial charge in [0.15, 0.2) is 12.4 Å². The van der Waals surface area contributed by atoms with E-state index in [4.69, 9.17) is 32.9 Å². The van der Waals surface area contributed by atoms with Crippen LogP contribution in [0.25, 0.3) is 0 Å². The Hall–Kier alpha value is -3.72. The third-order valence-corrected chi connectivity index (χ3v) is 24.3. The van der Waals surface area contributed by atoms with Crippen LogP contribution in [0.3, 0.4) is 0 Å². The summed E-state index contributed by atoms with van der Waals surface area (Å²) in [6, 6.07) is 0. The summed E-state index contributed by atoms with van der Waals surface area (Å²) in [4.78, 5) is 126. The van der Waals surface area contributed by atoms with Gasteiger partial charge in [-0.2, -0.15) is 0 Å². The minimum Gasteiger partial charge on any atom is -0.462 e. The fourth-order valence-electron chi connectivity index (χ4n) is 16.6. The van der Waals surface area contributed by atoms with Gasteiger partial charge in [-0.25, -0.2) is 4.57 Å². The number of carbonyl (C=O) groups excluding carboxylic acids is 7. The first-order chi connectivity index (χ1) is 57.9. The van der Waals surface area contributed by atoms with Gasteiger partial charge in [-0.3, -0.25) is 38.1 Å². The quantitative estimate of drug-likeness (QED) is 0.0164. The first kappa shape index (κ1) is 114. The number of hydrogen-bond acceptors (Lipinski definition) is 17. The molecule has 0 spiro atoms. The molecule has 0 bridgehead atoms. The molecule has 0 aromatic heterocycles. The summed E-state index contributed by atoms with van der Waals surface area (Å²) in [6.45, 7) is 15.9. The highest BCUT2D eigenvalue weighted by Gasteiger charge is 2.61. The van der Waals surface area contributed by atoms with Gasteiger partial charge < -0.3 is 58.6 Å². The molecule has 0 aromatic rings. The van der Waals surface area contributed by atoms with Crippen molar-refractivity contribution in [3.05, 3.63) is 0 Å². The summed E-state index contributed by atoms with van der Waals surface area (Å²) in [7, 11) is -5.71. The number of ether oxygens (including phenoxy) is 6. The Kier molecular flexibility index (Phi) is 72.9. The minimum atomic E-state index is -5.71. The summed E-state index contributed by atoms with van der Waals surface area (Å²) in [6.07, 6.45) is 50.6. The van der Waals surface area contributed by atoms with Crippen LogP contribution < -0.4 is 5.32 Å². The van der Waals surface area contributed by atoms with E-state index in [0.29, 0.717) is 44.9 Å². The van der Waals surface area contributed by atoms with Crippen molar-refractivity contribution in [1.82, 2.24) is 10.2 Å². The van der Waals surface area contributed by atoms with Crippen molar-refractivity contribution in [3.63, 3.8) is 0 Å². The average molecular weight is 1730 g/mol. The number of aliphatic hydroxyl groups excluding tert-OH is 2. The predicted molar refractivity (Wildman–Crippen MR) is 485 cm³/mol. The lowest BCUT2D eigenvalue weighted by Gasteiger charge is -2.52. The van der Waals surface area contributed by atoms with Gasteiger partial charge in [0.1, 0.15) is 48.2 Å². The number of amides is 2. The molecule has 21 nitrogen and oxygen atoms in total. The third-order valence-electron chi connectivity index (χ3n) is 23.8. The molecular weight excluding hydrogens is 1540 g/mol. The number of phosphoric acid groups is 1. The standard InChI is InChI=1S/C98H185N2O19P/c1-10-16-22-28-34-40-43-49-55-61-67-73-89(104)113-83(70-64-58-52-46-37-31-25-19-13-4)78-87(102)99-98(76-77-100(81-93(108)118-97(7,8)9)88(103)79-84(71-65-59-53-47-38-32-26-20-14-5)114-90(105)74-68-62-56-50-44-41-35-29-23-17-11-2)95(94(119-120(110,111)112)86(82-101)116-96(98)109)117-92(107)80-85(72-66-60-54-48-39-33-27-21-15-6)115-91(106)75-69-63-57-51-45-42-36-30-24-18-12-3/h83-86,94-96,101,109H,10-82H2,1-9H3,(H,99,102)(H2,110,111,112)/t83-,84-,85-,86-,94-,95+,96-,98?/m1/s1. The summed E-state index contributed by atoms with van der Waals surface area (Å²) < 4.78 is 56.1. The van der Waals surface area contributed by atoms with E-state index in [9.17, 15) is 43.7 Å². The van der Waals surface area contributed by atoms with Crippen LogP contribution in [0.4, 0.5) is 0 Å². The Morgan fingerprint density at radius 3 is 0.975 bits per heavy atom. The predicted octanol–water partition coefficient (Wildman–Crippen LogP) is 25.3. The molecule has 1 aliphatic rings. The molecule has 706 valence electrons. The maximum Gasteiger partial charge on any atom is 0.470 e. The second-order valence-corrected chi connectivity index (χ2v) is 37.8. The average Bonchev–Trinajstić information content (AvgIpc) is 0.743. The smallest absolute Gasteiger partial charge is 0.462 e. The van der Waals surface area contributed by atoms with E-state index >= 15 is 14.4 Å². The third kappa shape index (κ3) is 64.1. The normalized spacial score (nSPS) is 17.0. The van der Waals surface area contributed by atoms with Crippen LogP contribution in [0.5, 0.6) is 0 Å². The first-order valence-corrected chi connectivity index (χ1v) is 51.7. The zero-order valence-electron chi connectivity index (χ0n) is 78.5. The van der Waals surface area contributed by atoms with Crippen LogP contribution in [0.2, 0.25) is 0 Å². The maximum absolute atomic E-state index is 15.6. The molecule has 1 rings (SSSR count). The number of nitrogens with zero attached hydrogens (tertiary/aromatic N) is 1. The van der Waals surface area contributed by atoms with E-state index in [1.54, 1.807) is 20.8 Å². The molecule has 0 aliphatic carbocycles. The van der Waals surface area contributed by atoms with Crippen LogP contribution in [0, 0.1) is 0 Å². The van der Waals surface area contributed by atoms with Gasteiger partial charge in [0.05, 0.1) is 25.9 Å². The monoisotopic (exact) mass is 1730 g/mol. The zero-order chi connectivity index (χ0) is 88.4. The molecule has 1 unspecified atom stereocenters. The lowest BCUT2D eigenvalue weighted by molar-refractivity contribution is -0.286. The Balaban J connectivity index is 4.23. The highest BCUT2D eigenvalue weighted by Crippen LogP contribution is 2.45. The second kappa shape index (κ2) is 76.5. The van der Waals surface area contributed by atoms with Crippen LogP contribution in [-0.2, 0) is 71.1 Å². The molecule has 1 saturated heterocycles. The molecule has 120 heavy (non-hydrogen) atoms. The molecule has 1 aliphatic heterocycles. The highest BCUT2D eigenvalue weighted by atomic mass is 31.2. The Morgan fingerprint density at radius 2 is 0.683 bits per heavy atom. The minimum absolute atomic E-state index is 0.104. The molecule has 0 radical (unpaired) electrons. The number of nitrogens with one attached hydrogen (secondary N) is 1. The van der Waals surface area contributed by atoms with Gasteiger partial charge in [0.25, 0.3) is 0 Å². The number of phosphoric ester groups is 1. The molecule has 0 aromatic carbocycles. The lowest BCUT2D eigenvalue weighted by atomic mass is 9.79. The van der Waals surface area contributed by atoms with Crippen molar-refractivity contribution >= 4 is 49.5 Å². The van der Waals surface area contributed by atoms with Crippen molar-refractivity contribution in [3.8, 4) is 0 Å². The number of aliphatic hydroxyl groups is 2. The second-order valence-electron chi connectivity index (χ2n) is 36.6. The van der Waals surface area contributed by atoms with Crippen molar-refractivity contribution in [2.24, 2.45) is 0 Å². The molecule has 22 heteroatoms. The van der Waals surface area contributed by atoms with E-state index in [1.807, 2.05) is 0 Å². The number of carbonyl (C=O) groups is 7. The fraction of sp³-hybridized carbons (Fsp3) is 0.929. The first-order valence-electron chi connectivity index (χ1n) is 50.2. The van der Waals surface area contributed by atoms with Gasteiger partial charge in [0.2, 0.25) is 11.8 Å². The summed E-state index contributed by atoms with van der Waals surface area (Å²) in [5, 5.41) is 27.0. The number of hydrogen-bond donors (Lipinski definition) is 5. The largest absolute Gasteiger partial charge is 0.470 e. The number of rotatable bonds is 85. The Bertz CT molecular complexity index is 2550. The van der Waals surface area contributed by atoms with E-state index in [0.717, 1.165) is 198 Å². The molecule has 1 heterocycles. The highest BCUT2D eigenvalue weighted by molar-refractivity contribution is 7.46. The van der Waals surface area contributed by atoms with Crippen LogP contribution >= 0.6 is 7.82 Å². The lowest BCUT2D eigenvalue weighted by Crippen LogP contribution is -2.75. The summed E-state index contributed by atoms with van der Waals surface area (Å²) in [5.74, 6) is -4.93. The maximum atomic E-state index is 15.6. The van der Waals surface area contributed by atoms with Crippen LogP contribution in [0.15, 0.2) is 0 Å². The molecule has 5 N–H and O–H groups in total. The van der Waals surface area contributed by atoms with E-state index in [2.05, 4.69) is 46.9 Å². The van der Waals surface area contributed by atoms with Crippen LogP contribution in [-0.4, -0.2) is 140 Å². The fourth-order valence-corrected chi connectivity index (χ4v) is 17.2. The van der Waals surface area contributed by atoms with Gasteiger partial charge in [-0.05, 0) is 85.0 Å². The summed E-state index contributed by atoms with van der Waals surface area (Å²) >= 11 is 0. The summed E-state index contributed by atoms with van der Waals surface area (Å²) in [5.41, 5.74) is -3.63. The van der Waals surface area contributed by atoms with Crippen LogP contribution in [0.1, 0.15) is 512 Å².